The number of fused-ring (bicyclic) bond motifs is 1. The molecule has 6 nitrogen and oxygen atoms in total. The molecule has 2 heterocycles. The van der Waals surface area contributed by atoms with E-state index < -0.39 is 0 Å². The smallest absolute Gasteiger partial charge is 0.179 e. The molecule has 0 saturated carbocycles. The first-order chi connectivity index (χ1) is 5.61. The van der Waals surface area contributed by atoms with Crippen LogP contribution >= 0.6 is 0 Å². The van der Waals surface area contributed by atoms with E-state index in [2.05, 4.69) is 5.10 Å². The van der Waals surface area contributed by atoms with E-state index in [-0.39, 0.29) is 0 Å². The van der Waals surface area contributed by atoms with Crippen molar-refractivity contribution in [1.82, 2.24) is 14.3 Å². The Balaban J connectivity index is 2.98. The summed E-state index contributed by atoms with van der Waals surface area (Å²) in [5.41, 5.74) is 12.4. The second kappa shape index (κ2) is 1.84. The SMILES string of the molecule is Cc1nn2c(N)cc(N)c2n1N. The van der Waals surface area contributed by atoms with Crippen molar-refractivity contribution in [2.75, 3.05) is 17.3 Å². The van der Waals surface area contributed by atoms with Gasteiger partial charge in [-0.05, 0) is 6.92 Å². The Morgan fingerprint density at radius 1 is 1.42 bits per heavy atom. The van der Waals surface area contributed by atoms with Gasteiger partial charge < -0.3 is 17.3 Å². The molecule has 0 aliphatic heterocycles. The number of rotatable bonds is 0. The average molecular weight is 166 g/mol. The van der Waals surface area contributed by atoms with Crippen molar-refractivity contribution in [3.63, 3.8) is 0 Å². The van der Waals surface area contributed by atoms with Crippen molar-refractivity contribution in [2.45, 2.75) is 6.92 Å². The second-order valence-electron chi connectivity index (χ2n) is 2.68. The Hall–Kier alpha value is -1.85. The number of hydrogen-bond acceptors (Lipinski definition) is 4. The molecule has 0 spiro atoms. The van der Waals surface area contributed by atoms with Crippen molar-refractivity contribution in [2.24, 2.45) is 0 Å². The number of nitrogen functional groups attached to an aromatic ring is 3. The van der Waals surface area contributed by atoms with Crippen LogP contribution < -0.4 is 17.3 Å². The molecular weight excluding hydrogens is 156 g/mol. The highest BCUT2D eigenvalue weighted by molar-refractivity contribution is 5.72. The molecular formula is C6H10N6. The van der Waals surface area contributed by atoms with Crippen molar-refractivity contribution in [1.29, 1.82) is 0 Å². The van der Waals surface area contributed by atoms with E-state index in [1.165, 1.54) is 9.19 Å². The largest absolute Gasteiger partial charge is 0.396 e. The number of nitrogens with two attached hydrogens (primary N) is 3. The molecule has 6 heteroatoms. The summed E-state index contributed by atoms with van der Waals surface area (Å²) in [6.07, 6.45) is 0. The fraction of sp³-hybridized carbons (Fsp3) is 0.167. The lowest BCUT2D eigenvalue weighted by atomic mass is 10.5. The minimum absolute atomic E-state index is 0.495. The predicted octanol–water partition coefficient (Wildman–Crippen LogP) is -0.678. The average Bonchev–Trinajstić information content (AvgIpc) is 2.41. The molecule has 0 unspecified atom stereocenters. The molecule has 12 heavy (non-hydrogen) atoms. The molecule has 0 bridgehead atoms. The van der Waals surface area contributed by atoms with Gasteiger partial charge in [-0.3, -0.25) is 0 Å². The lowest BCUT2D eigenvalue weighted by molar-refractivity contribution is 0.916. The highest BCUT2D eigenvalue weighted by Crippen LogP contribution is 2.19. The Kier molecular flexibility index (Phi) is 1.05. The van der Waals surface area contributed by atoms with E-state index in [0.29, 0.717) is 23.0 Å². The minimum Gasteiger partial charge on any atom is -0.396 e. The number of aryl methyl sites for hydroxylation is 1. The molecule has 6 N–H and O–H groups in total. The van der Waals surface area contributed by atoms with Crippen molar-refractivity contribution in [3.05, 3.63) is 11.9 Å². The standard InChI is InChI=1S/C6H10N6/c1-3-10-12-5(8)2-4(7)6(12)11(3)9/h2H,7-9H2,1H3. The van der Waals surface area contributed by atoms with Gasteiger partial charge in [-0.25, -0.2) is 4.68 Å². The Labute approximate surface area is 68.5 Å². The van der Waals surface area contributed by atoms with Crippen LogP contribution in [0.25, 0.3) is 5.65 Å². The first kappa shape index (κ1) is 6.84. The highest BCUT2D eigenvalue weighted by Gasteiger charge is 2.11. The van der Waals surface area contributed by atoms with E-state index >= 15 is 0 Å². The van der Waals surface area contributed by atoms with Crippen LogP contribution in [-0.2, 0) is 0 Å². The fourth-order valence-corrected chi connectivity index (χ4v) is 1.22. The molecule has 0 amide bonds. The van der Waals surface area contributed by atoms with Crippen molar-refractivity contribution in [3.8, 4) is 0 Å². The quantitative estimate of drug-likeness (QED) is 0.451. The molecule has 0 aliphatic rings. The molecule has 0 aliphatic carbocycles. The summed E-state index contributed by atoms with van der Waals surface area (Å²) in [5.74, 6) is 6.82. The van der Waals surface area contributed by atoms with Gasteiger partial charge in [0, 0.05) is 6.07 Å². The molecule has 2 aromatic rings. The lowest BCUT2D eigenvalue weighted by Gasteiger charge is -1.93. The van der Waals surface area contributed by atoms with Gasteiger partial charge in [-0.15, -0.1) is 5.10 Å². The normalized spacial score (nSPS) is 11.1. The fourth-order valence-electron chi connectivity index (χ4n) is 1.22. The van der Waals surface area contributed by atoms with Gasteiger partial charge in [0.15, 0.2) is 5.65 Å². The molecule has 0 saturated heterocycles. The number of anilines is 2. The van der Waals surface area contributed by atoms with Crippen LogP contribution in [0.15, 0.2) is 6.07 Å². The van der Waals surface area contributed by atoms with E-state index in [1.54, 1.807) is 13.0 Å². The van der Waals surface area contributed by atoms with Crippen molar-refractivity contribution < 1.29 is 0 Å². The number of hydrogen-bond donors (Lipinski definition) is 3. The number of aromatic nitrogens is 3. The van der Waals surface area contributed by atoms with Crippen LogP contribution in [0.4, 0.5) is 11.5 Å². The highest BCUT2D eigenvalue weighted by atomic mass is 15.5. The van der Waals surface area contributed by atoms with Gasteiger partial charge >= 0.3 is 0 Å². The third kappa shape index (κ3) is 0.609. The maximum atomic E-state index is 5.65. The Morgan fingerprint density at radius 3 is 2.67 bits per heavy atom. The maximum Gasteiger partial charge on any atom is 0.179 e. The van der Waals surface area contributed by atoms with Crippen LogP contribution in [0.5, 0.6) is 0 Å². The minimum atomic E-state index is 0.495. The van der Waals surface area contributed by atoms with Crippen LogP contribution in [-0.4, -0.2) is 14.3 Å². The topological polar surface area (TPSA) is 100 Å². The van der Waals surface area contributed by atoms with E-state index in [1.807, 2.05) is 0 Å². The molecule has 64 valence electrons. The predicted molar refractivity (Wildman–Crippen MR) is 46.9 cm³/mol. The zero-order valence-corrected chi connectivity index (χ0v) is 6.65. The number of nitrogens with zero attached hydrogens (tertiary/aromatic N) is 3. The van der Waals surface area contributed by atoms with Crippen LogP contribution in [0.3, 0.4) is 0 Å². The van der Waals surface area contributed by atoms with Gasteiger partial charge in [0.25, 0.3) is 0 Å². The Morgan fingerprint density at radius 2 is 2.08 bits per heavy atom. The summed E-state index contributed by atoms with van der Waals surface area (Å²) in [6, 6.07) is 1.63. The molecule has 0 aromatic carbocycles. The molecule has 2 rings (SSSR count). The van der Waals surface area contributed by atoms with E-state index in [0.717, 1.165) is 0 Å². The summed E-state index contributed by atoms with van der Waals surface area (Å²) in [6.45, 7) is 1.78. The summed E-state index contributed by atoms with van der Waals surface area (Å²) in [7, 11) is 0. The second-order valence-corrected chi connectivity index (χ2v) is 2.68. The molecule has 2 aromatic heterocycles. The van der Waals surface area contributed by atoms with Gasteiger partial charge in [0.2, 0.25) is 0 Å². The molecule has 0 fully saturated rings. The monoisotopic (exact) mass is 166 g/mol. The van der Waals surface area contributed by atoms with Crippen molar-refractivity contribution >= 4 is 17.2 Å². The third-order valence-corrected chi connectivity index (χ3v) is 1.83. The van der Waals surface area contributed by atoms with Crippen LogP contribution in [0.1, 0.15) is 5.82 Å². The zero-order valence-electron chi connectivity index (χ0n) is 6.65. The first-order valence-electron chi connectivity index (χ1n) is 3.48. The van der Waals surface area contributed by atoms with E-state index in [4.69, 9.17) is 17.3 Å². The molecule has 0 atom stereocenters. The van der Waals surface area contributed by atoms with Crippen LogP contribution in [0.2, 0.25) is 0 Å². The third-order valence-electron chi connectivity index (χ3n) is 1.83. The zero-order chi connectivity index (χ0) is 8.88. The van der Waals surface area contributed by atoms with Gasteiger partial charge in [-0.2, -0.15) is 4.52 Å². The first-order valence-corrected chi connectivity index (χ1v) is 3.48. The summed E-state index contributed by atoms with van der Waals surface area (Å²) >= 11 is 0. The van der Waals surface area contributed by atoms with E-state index in [9.17, 15) is 0 Å². The Bertz CT molecular complexity index is 436. The van der Waals surface area contributed by atoms with Gasteiger partial charge in [0.1, 0.15) is 11.6 Å². The van der Waals surface area contributed by atoms with Crippen LogP contribution in [0, 0.1) is 6.92 Å². The lowest BCUT2D eigenvalue weighted by Crippen LogP contribution is -2.10. The maximum absolute atomic E-state index is 5.65. The summed E-state index contributed by atoms with van der Waals surface area (Å²) in [4.78, 5) is 0. The summed E-state index contributed by atoms with van der Waals surface area (Å²) in [5, 5.41) is 4.08. The summed E-state index contributed by atoms with van der Waals surface area (Å²) < 4.78 is 2.93. The molecule has 0 radical (unpaired) electrons. The van der Waals surface area contributed by atoms with Gasteiger partial charge in [-0.1, -0.05) is 0 Å². The van der Waals surface area contributed by atoms with Gasteiger partial charge in [0.05, 0.1) is 5.69 Å².